The number of nitrogens with zero attached hydrogens (tertiary/aromatic N) is 1. The molecule has 5 nitrogen and oxygen atoms in total. The molecule has 1 spiro atoms. The Hall–Kier alpha value is -1.62. The number of fused-ring (bicyclic) bond motifs is 1. The predicted octanol–water partition coefficient (Wildman–Crippen LogP) is 2.09. The molecule has 0 aromatic rings. The summed E-state index contributed by atoms with van der Waals surface area (Å²) in [5.74, 6) is -0.893. The molecule has 130 valence electrons. The number of carbonyl (C=O) groups is 2. The van der Waals surface area contributed by atoms with Gasteiger partial charge in [-0.05, 0) is 31.1 Å². The molecule has 0 unspecified atom stereocenters. The zero-order valence-corrected chi connectivity index (χ0v) is 14.4. The minimum absolute atomic E-state index is 0.0417. The van der Waals surface area contributed by atoms with Crippen molar-refractivity contribution in [3.8, 4) is 0 Å². The number of carboxylic acids is 1. The smallest absolute Gasteiger partial charge is 0.310 e. The largest absolute Gasteiger partial charge is 0.481 e. The number of carboxylic acid groups (broad SMARTS) is 1. The third kappa shape index (κ3) is 2.10. The summed E-state index contributed by atoms with van der Waals surface area (Å²) in [5.41, 5.74) is 0.711. The van der Waals surface area contributed by atoms with Crippen LogP contribution >= 0.6 is 0 Å². The molecular formula is C19H25NO4. The maximum absolute atomic E-state index is 13.0. The highest BCUT2D eigenvalue weighted by atomic mass is 16.5. The van der Waals surface area contributed by atoms with E-state index in [4.69, 9.17) is 4.74 Å². The molecule has 1 N–H and O–H groups in total. The topological polar surface area (TPSA) is 66.8 Å². The van der Waals surface area contributed by atoms with E-state index in [-0.39, 0.29) is 5.91 Å². The molecule has 3 aliphatic heterocycles. The molecule has 4 rings (SSSR count). The molecular weight excluding hydrogens is 306 g/mol. The summed E-state index contributed by atoms with van der Waals surface area (Å²) in [4.78, 5) is 26.5. The molecule has 24 heavy (non-hydrogen) atoms. The second-order valence-electron chi connectivity index (χ2n) is 8.17. The molecule has 5 heteroatoms. The van der Waals surface area contributed by atoms with Gasteiger partial charge in [0.05, 0.1) is 18.6 Å². The first-order valence-corrected chi connectivity index (χ1v) is 8.88. The highest BCUT2D eigenvalue weighted by Crippen LogP contribution is 2.52. The van der Waals surface area contributed by atoms with Gasteiger partial charge in [0, 0.05) is 6.54 Å². The number of aliphatic carboxylic acids is 1. The molecule has 0 aromatic heterocycles. The molecule has 2 bridgehead atoms. The van der Waals surface area contributed by atoms with E-state index in [1.807, 2.05) is 17.1 Å². The third-order valence-electron chi connectivity index (χ3n) is 6.49. The number of hydrogen-bond donors (Lipinski definition) is 1. The number of rotatable bonds is 3. The van der Waals surface area contributed by atoms with Gasteiger partial charge in [-0.3, -0.25) is 9.59 Å². The van der Waals surface area contributed by atoms with Gasteiger partial charge in [-0.2, -0.15) is 0 Å². The first-order valence-electron chi connectivity index (χ1n) is 8.88. The van der Waals surface area contributed by atoms with E-state index in [1.165, 1.54) is 5.57 Å². The molecule has 1 amide bonds. The molecule has 0 aromatic carbocycles. The zero-order valence-electron chi connectivity index (χ0n) is 14.4. The average Bonchev–Trinajstić information content (AvgIpc) is 3.11. The number of ether oxygens (including phenoxy) is 1. The quantitative estimate of drug-likeness (QED) is 0.804. The highest BCUT2D eigenvalue weighted by Gasteiger charge is 2.67. The van der Waals surface area contributed by atoms with Gasteiger partial charge in [0.15, 0.2) is 0 Å². The standard InChI is InChI=1S/C19H25NO4/c1-10-6-11(2)13(12(3)7-10)8-20-9-19-5-4-14(24-19)15(18(22)23)16(19)17(20)21/h4-6,11-16H,7-9H2,1-3H3,(H,22,23)/t11-,12+,13+,14-,15+,16-,19+/m1/s1. The Labute approximate surface area is 142 Å². The summed E-state index contributed by atoms with van der Waals surface area (Å²) in [6.45, 7) is 7.82. The molecule has 2 saturated heterocycles. The average molecular weight is 331 g/mol. The molecule has 2 fully saturated rings. The summed E-state index contributed by atoms with van der Waals surface area (Å²) in [6, 6.07) is 0. The molecule has 0 saturated carbocycles. The number of likely N-dealkylation sites (tertiary alicyclic amines) is 1. The fourth-order valence-corrected chi connectivity index (χ4v) is 5.43. The maximum Gasteiger partial charge on any atom is 0.310 e. The van der Waals surface area contributed by atoms with Crippen molar-refractivity contribution in [3.05, 3.63) is 23.8 Å². The Kier molecular flexibility index (Phi) is 3.43. The molecule has 0 radical (unpaired) electrons. The second-order valence-corrected chi connectivity index (χ2v) is 8.17. The minimum Gasteiger partial charge on any atom is -0.481 e. The van der Waals surface area contributed by atoms with Crippen LogP contribution in [0.4, 0.5) is 0 Å². The van der Waals surface area contributed by atoms with Crippen molar-refractivity contribution < 1.29 is 19.4 Å². The Morgan fingerprint density at radius 2 is 2.21 bits per heavy atom. The van der Waals surface area contributed by atoms with Crippen LogP contribution in [0.5, 0.6) is 0 Å². The van der Waals surface area contributed by atoms with Gasteiger partial charge in [0.25, 0.3) is 0 Å². The van der Waals surface area contributed by atoms with Gasteiger partial charge >= 0.3 is 5.97 Å². The fraction of sp³-hybridized carbons (Fsp3) is 0.684. The Bertz CT molecular complexity index is 654. The summed E-state index contributed by atoms with van der Waals surface area (Å²) in [7, 11) is 0. The van der Waals surface area contributed by atoms with Gasteiger partial charge in [-0.25, -0.2) is 0 Å². The highest BCUT2D eigenvalue weighted by molar-refractivity contribution is 5.90. The lowest BCUT2D eigenvalue weighted by molar-refractivity contribution is -0.148. The van der Waals surface area contributed by atoms with E-state index in [0.717, 1.165) is 6.42 Å². The van der Waals surface area contributed by atoms with Crippen molar-refractivity contribution in [3.63, 3.8) is 0 Å². The summed E-state index contributed by atoms with van der Waals surface area (Å²) >= 11 is 0. The lowest BCUT2D eigenvalue weighted by atomic mass is 9.75. The van der Waals surface area contributed by atoms with Gasteiger partial charge in [-0.15, -0.1) is 0 Å². The van der Waals surface area contributed by atoms with Crippen molar-refractivity contribution in [2.24, 2.45) is 29.6 Å². The van der Waals surface area contributed by atoms with E-state index in [0.29, 0.717) is 30.8 Å². The maximum atomic E-state index is 13.0. The summed E-state index contributed by atoms with van der Waals surface area (Å²) < 4.78 is 5.95. The Morgan fingerprint density at radius 1 is 1.46 bits per heavy atom. The van der Waals surface area contributed by atoms with E-state index in [9.17, 15) is 14.7 Å². The first-order chi connectivity index (χ1) is 11.3. The van der Waals surface area contributed by atoms with Crippen LogP contribution in [0.3, 0.4) is 0 Å². The SMILES string of the molecule is CC1=C[C@@H](C)[C@H](CN2C[C@]34C=C[C@@H](O3)[C@H](C(=O)O)[C@@H]4C2=O)[C@@H](C)C1. The van der Waals surface area contributed by atoms with Crippen molar-refractivity contribution in [2.75, 3.05) is 13.1 Å². The Morgan fingerprint density at radius 3 is 2.88 bits per heavy atom. The van der Waals surface area contributed by atoms with Crippen LogP contribution in [0, 0.1) is 29.6 Å². The van der Waals surface area contributed by atoms with Crippen molar-refractivity contribution >= 4 is 11.9 Å². The number of amides is 1. The zero-order chi connectivity index (χ0) is 17.2. The van der Waals surface area contributed by atoms with Gasteiger partial charge in [-0.1, -0.05) is 37.6 Å². The van der Waals surface area contributed by atoms with E-state index in [2.05, 4.69) is 26.8 Å². The van der Waals surface area contributed by atoms with Crippen LogP contribution in [0.2, 0.25) is 0 Å². The van der Waals surface area contributed by atoms with Gasteiger partial charge in [0.1, 0.15) is 11.5 Å². The van der Waals surface area contributed by atoms with Crippen LogP contribution in [0.1, 0.15) is 27.2 Å². The fourth-order valence-electron chi connectivity index (χ4n) is 5.43. The molecule has 4 aliphatic rings. The number of hydrogen-bond acceptors (Lipinski definition) is 3. The predicted molar refractivity (Wildman–Crippen MR) is 88.1 cm³/mol. The summed E-state index contributed by atoms with van der Waals surface area (Å²) in [5, 5.41) is 9.53. The second kappa shape index (κ2) is 5.19. The minimum atomic E-state index is -0.926. The third-order valence-corrected chi connectivity index (χ3v) is 6.49. The van der Waals surface area contributed by atoms with E-state index >= 15 is 0 Å². The van der Waals surface area contributed by atoms with Crippen LogP contribution in [0.15, 0.2) is 23.8 Å². The van der Waals surface area contributed by atoms with Gasteiger partial charge in [0.2, 0.25) is 5.91 Å². The van der Waals surface area contributed by atoms with E-state index < -0.39 is 29.5 Å². The first kappa shape index (κ1) is 15.9. The van der Waals surface area contributed by atoms with Crippen molar-refractivity contribution in [2.45, 2.75) is 38.9 Å². The lowest BCUT2D eigenvalue weighted by Crippen LogP contribution is -2.41. The number of carbonyl (C=O) groups excluding carboxylic acids is 1. The van der Waals surface area contributed by atoms with Crippen molar-refractivity contribution in [1.82, 2.24) is 4.90 Å². The number of allylic oxidation sites excluding steroid dienone is 2. The molecule has 1 aliphatic carbocycles. The van der Waals surface area contributed by atoms with Crippen molar-refractivity contribution in [1.29, 1.82) is 0 Å². The van der Waals surface area contributed by atoms with Crippen LogP contribution in [0.25, 0.3) is 0 Å². The normalized spacial score (nSPS) is 46.4. The monoisotopic (exact) mass is 331 g/mol. The lowest BCUT2D eigenvalue weighted by Gasteiger charge is -2.36. The Balaban J connectivity index is 1.56. The van der Waals surface area contributed by atoms with E-state index in [1.54, 1.807) is 0 Å². The van der Waals surface area contributed by atoms with Crippen LogP contribution < -0.4 is 0 Å². The molecule has 3 heterocycles. The van der Waals surface area contributed by atoms with Gasteiger partial charge < -0.3 is 14.7 Å². The molecule has 7 atom stereocenters. The summed E-state index contributed by atoms with van der Waals surface area (Å²) in [6.07, 6.45) is 6.69. The van der Waals surface area contributed by atoms with Crippen LogP contribution in [-0.4, -0.2) is 46.7 Å². The van der Waals surface area contributed by atoms with Crippen LogP contribution in [-0.2, 0) is 14.3 Å².